The molecule has 0 unspecified atom stereocenters. The van der Waals surface area contributed by atoms with Crippen molar-refractivity contribution in [3.63, 3.8) is 0 Å². The average molecular weight is 453 g/mol. The lowest BCUT2D eigenvalue weighted by atomic mass is 10.2. The Morgan fingerprint density at radius 3 is 2.57 bits per heavy atom. The van der Waals surface area contributed by atoms with Crippen LogP contribution in [0, 0.1) is 0 Å². The number of hydrogen-bond acceptors (Lipinski definition) is 7. The number of carbonyl (C=O) groups is 1. The number of anilines is 1. The van der Waals surface area contributed by atoms with Crippen LogP contribution in [-0.2, 0) is 27.3 Å². The zero-order valence-electron chi connectivity index (χ0n) is 17.5. The summed E-state index contributed by atoms with van der Waals surface area (Å²) >= 11 is 0. The molecular weight excluding hydrogens is 425 g/mol. The van der Waals surface area contributed by atoms with Gasteiger partial charge in [-0.15, -0.1) is 0 Å². The van der Waals surface area contributed by atoms with E-state index in [2.05, 4.69) is 35.2 Å². The number of nitrogens with one attached hydrogen (secondary N) is 1. The van der Waals surface area contributed by atoms with Crippen molar-refractivity contribution in [2.75, 3.05) is 18.5 Å². The maximum atomic E-state index is 13.5. The van der Waals surface area contributed by atoms with Gasteiger partial charge in [0, 0.05) is 14.7 Å². The van der Waals surface area contributed by atoms with Crippen LogP contribution in [-0.4, -0.2) is 53.9 Å². The standard InChI is InChI=1S/C17H27F3N4O5Si/c1-11(9-29-23-12(2)16(26)27)22-13-8-21-24(10-28-6-7-30(3,4)5)15(25)14(13)17(18,19)20/h8,11,22H,6-7,9-10H2,1-5H3,(H,26,27)/b23-12+/t11-/m0/s1. The van der Waals surface area contributed by atoms with Crippen molar-refractivity contribution in [2.24, 2.45) is 5.16 Å². The smallest absolute Gasteiger partial charge is 0.423 e. The molecule has 0 radical (unpaired) electrons. The summed E-state index contributed by atoms with van der Waals surface area (Å²) in [5.74, 6) is -1.28. The second-order valence-electron chi connectivity index (χ2n) is 7.91. The van der Waals surface area contributed by atoms with Gasteiger partial charge in [-0.3, -0.25) is 4.79 Å². The van der Waals surface area contributed by atoms with Crippen molar-refractivity contribution in [2.45, 2.75) is 58.5 Å². The lowest BCUT2D eigenvalue weighted by molar-refractivity contribution is -0.138. The number of hydrogen-bond donors (Lipinski definition) is 2. The maximum Gasteiger partial charge on any atom is 0.423 e. The molecule has 1 atom stereocenters. The van der Waals surface area contributed by atoms with E-state index in [0.29, 0.717) is 11.3 Å². The van der Waals surface area contributed by atoms with Crippen LogP contribution in [0.25, 0.3) is 0 Å². The highest BCUT2D eigenvalue weighted by molar-refractivity contribution is 6.76. The second-order valence-corrected chi connectivity index (χ2v) is 13.5. The van der Waals surface area contributed by atoms with Gasteiger partial charge < -0.3 is 20.0 Å². The van der Waals surface area contributed by atoms with Crippen molar-refractivity contribution in [3.8, 4) is 0 Å². The predicted molar refractivity (Wildman–Crippen MR) is 107 cm³/mol. The monoisotopic (exact) mass is 452 g/mol. The summed E-state index contributed by atoms with van der Waals surface area (Å²) in [6.45, 7) is 8.79. The minimum atomic E-state index is -4.92. The Bertz CT molecular complexity index is 821. The number of nitrogens with zero attached hydrogens (tertiary/aromatic N) is 3. The Morgan fingerprint density at radius 2 is 2.03 bits per heavy atom. The second kappa shape index (κ2) is 10.6. The van der Waals surface area contributed by atoms with E-state index in [1.54, 1.807) is 0 Å². The first-order chi connectivity index (χ1) is 13.7. The number of rotatable bonds is 11. The molecule has 30 heavy (non-hydrogen) atoms. The fourth-order valence-corrected chi connectivity index (χ4v) is 2.84. The quantitative estimate of drug-likeness (QED) is 0.230. The molecule has 0 aromatic carbocycles. The van der Waals surface area contributed by atoms with Gasteiger partial charge in [-0.1, -0.05) is 24.8 Å². The Morgan fingerprint density at radius 1 is 1.40 bits per heavy atom. The van der Waals surface area contributed by atoms with Crippen LogP contribution in [0.5, 0.6) is 0 Å². The SMILES string of the molecule is C/C(=N\OC[C@H](C)Nc1cnn(COCC[Si](C)(C)C)c(=O)c1C(F)(F)F)C(=O)O. The summed E-state index contributed by atoms with van der Waals surface area (Å²) in [5, 5.41) is 18.3. The zero-order chi connectivity index (χ0) is 23.1. The van der Waals surface area contributed by atoms with Crippen LogP contribution >= 0.6 is 0 Å². The molecule has 2 N–H and O–H groups in total. The van der Waals surface area contributed by atoms with Crippen LogP contribution in [0.1, 0.15) is 19.4 Å². The van der Waals surface area contributed by atoms with E-state index in [0.717, 1.165) is 12.2 Å². The van der Waals surface area contributed by atoms with Crippen molar-refractivity contribution in [3.05, 3.63) is 22.1 Å². The van der Waals surface area contributed by atoms with Gasteiger partial charge in [0.25, 0.3) is 5.56 Å². The van der Waals surface area contributed by atoms with E-state index in [1.807, 2.05) is 0 Å². The topological polar surface area (TPSA) is 115 Å². The minimum Gasteiger partial charge on any atom is -0.477 e. The zero-order valence-corrected chi connectivity index (χ0v) is 18.5. The summed E-state index contributed by atoms with van der Waals surface area (Å²) in [4.78, 5) is 27.8. The third-order valence-electron chi connectivity index (χ3n) is 3.77. The van der Waals surface area contributed by atoms with Crippen molar-refractivity contribution < 1.29 is 32.6 Å². The Balaban J connectivity index is 2.92. The molecule has 0 saturated carbocycles. The fraction of sp³-hybridized carbons (Fsp3) is 0.647. The lowest BCUT2D eigenvalue weighted by Crippen LogP contribution is -2.34. The molecule has 0 aliphatic heterocycles. The summed E-state index contributed by atoms with van der Waals surface area (Å²) in [6.07, 6.45) is -4.02. The molecule has 0 spiro atoms. The molecule has 13 heteroatoms. The number of oxime groups is 1. The van der Waals surface area contributed by atoms with Gasteiger partial charge in [0.05, 0.1) is 17.9 Å². The Kier molecular flexibility index (Phi) is 9.02. The van der Waals surface area contributed by atoms with Gasteiger partial charge >= 0.3 is 12.1 Å². The number of alkyl halides is 3. The highest BCUT2D eigenvalue weighted by Crippen LogP contribution is 2.32. The molecule has 170 valence electrons. The fourth-order valence-electron chi connectivity index (χ4n) is 2.09. The largest absolute Gasteiger partial charge is 0.477 e. The van der Waals surface area contributed by atoms with Gasteiger partial charge in [-0.2, -0.15) is 18.3 Å². The van der Waals surface area contributed by atoms with Crippen molar-refractivity contribution in [1.29, 1.82) is 0 Å². The van der Waals surface area contributed by atoms with E-state index >= 15 is 0 Å². The highest BCUT2D eigenvalue weighted by Gasteiger charge is 2.38. The van der Waals surface area contributed by atoms with Crippen LogP contribution in [0.2, 0.25) is 25.7 Å². The molecule has 1 aromatic heterocycles. The molecule has 0 saturated heterocycles. The maximum absolute atomic E-state index is 13.5. The molecular formula is C17H27F3N4O5Si. The van der Waals surface area contributed by atoms with E-state index < -0.39 is 43.1 Å². The molecule has 0 aliphatic rings. The van der Waals surface area contributed by atoms with Crippen LogP contribution in [0.4, 0.5) is 18.9 Å². The lowest BCUT2D eigenvalue weighted by Gasteiger charge is -2.19. The average Bonchev–Trinajstić information content (AvgIpc) is 2.58. The van der Waals surface area contributed by atoms with Gasteiger partial charge in [0.15, 0.2) is 5.71 Å². The predicted octanol–water partition coefficient (Wildman–Crippen LogP) is 2.85. The van der Waals surface area contributed by atoms with Crippen LogP contribution in [0.15, 0.2) is 16.1 Å². The number of aliphatic carboxylic acids is 1. The van der Waals surface area contributed by atoms with E-state index in [1.165, 1.54) is 13.8 Å². The van der Waals surface area contributed by atoms with Gasteiger partial charge in [-0.05, 0) is 19.9 Å². The number of aromatic nitrogens is 2. The molecule has 9 nitrogen and oxygen atoms in total. The first kappa shape index (κ1) is 25.6. The summed E-state index contributed by atoms with van der Waals surface area (Å²) in [6, 6.07) is 0.0796. The number of carboxylic acids is 1. The number of halogens is 3. The van der Waals surface area contributed by atoms with Gasteiger partial charge in [0.2, 0.25) is 0 Å². The van der Waals surface area contributed by atoms with Crippen LogP contribution < -0.4 is 10.9 Å². The van der Waals surface area contributed by atoms with Gasteiger partial charge in [0.1, 0.15) is 18.9 Å². The third kappa shape index (κ3) is 8.53. The van der Waals surface area contributed by atoms with Crippen molar-refractivity contribution >= 4 is 25.4 Å². The van der Waals surface area contributed by atoms with Gasteiger partial charge in [-0.25, -0.2) is 9.48 Å². The molecule has 0 aliphatic carbocycles. The van der Waals surface area contributed by atoms with Crippen molar-refractivity contribution in [1.82, 2.24) is 9.78 Å². The molecule has 0 amide bonds. The summed E-state index contributed by atoms with van der Waals surface area (Å²) < 4.78 is 46.4. The molecule has 0 fully saturated rings. The van der Waals surface area contributed by atoms with Crippen LogP contribution in [0.3, 0.4) is 0 Å². The third-order valence-corrected chi connectivity index (χ3v) is 5.48. The molecule has 1 heterocycles. The molecule has 1 rings (SSSR count). The Labute approximate surface area is 172 Å². The van der Waals surface area contributed by atoms with E-state index in [-0.39, 0.29) is 19.0 Å². The Hall–Kier alpha value is -2.41. The molecule has 1 aromatic rings. The highest BCUT2D eigenvalue weighted by atomic mass is 28.3. The number of carboxylic acid groups (broad SMARTS) is 1. The first-order valence-electron chi connectivity index (χ1n) is 9.14. The molecule has 0 bridgehead atoms. The summed E-state index contributed by atoms with van der Waals surface area (Å²) in [5.41, 5.74) is -3.55. The number of ether oxygens (including phenoxy) is 1. The first-order valence-corrected chi connectivity index (χ1v) is 12.8. The van der Waals surface area contributed by atoms with E-state index in [4.69, 9.17) is 14.7 Å². The summed E-state index contributed by atoms with van der Waals surface area (Å²) in [7, 11) is -1.38. The normalized spacial score (nSPS) is 13.8. The minimum absolute atomic E-state index is 0.231. The van der Waals surface area contributed by atoms with E-state index in [9.17, 15) is 22.8 Å².